The van der Waals surface area contributed by atoms with Gasteiger partial charge < -0.3 is 14.2 Å². The van der Waals surface area contributed by atoms with Gasteiger partial charge in [0.25, 0.3) is 0 Å². The predicted octanol–water partition coefficient (Wildman–Crippen LogP) is 0.705. The molecular weight excluding hydrogens is 168 g/mol. The van der Waals surface area contributed by atoms with E-state index in [0.29, 0.717) is 6.61 Å². The second-order valence-corrected chi connectivity index (χ2v) is 2.63. The summed E-state index contributed by atoms with van der Waals surface area (Å²) in [5, 5.41) is 8.56. The number of fused-ring (bicyclic) bond motifs is 1. The van der Waals surface area contributed by atoms with Crippen molar-refractivity contribution in [1.82, 2.24) is 9.38 Å². The maximum atomic E-state index is 8.56. The minimum Gasteiger partial charge on any atom is -0.490 e. The molecule has 0 atom stereocenters. The van der Waals surface area contributed by atoms with Gasteiger partial charge in [0.1, 0.15) is 18.0 Å². The average Bonchev–Trinajstić information content (AvgIpc) is 2.61. The molecule has 0 unspecified atom stereocenters. The summed E-state index contributed by atoms with van der Waals surface area (Å²) in [7, 11) is 0. The molecule has 4 heteroatoms. The van der Waals surface area contributed by atoms with Gasteiger partial charge in [-0.2, -0.15) is 0 Å². The van der Waals surface area contributed by atoms with E-state index in [9.17, 15) is 0 Å². The number of nitrogens with zero attached hydrogens (tertiary/aromatic N) is 2. The van der Waals surface area contributed by atoms with Crippen molar-refractivity contribution >= 4 is 5.65 Å². The summed E-state index contributed by atoms with van der Waals surface area (Å²) in [6.45, 7) is 0.349. The second-order valence-electron chi connectivity index (χ2n) is 2.63. The Morgan fingerprint density at radius 1 is 1.46 bits per heavy atom. The fraction of sp³-hybridized carbons (Fsp3) is 0.222. The molecule has 0 aliphatic heterocycles. The zero-order valence-corrected chi connectivity index (χ0v) is 7.05. The first kappa shape index (κ1) is 8.07. The number of aromatic nitrogens is 2. The highest BCUT2D eigenvalue weighted by Gasteiger charge is 1.96. The van der Waals surface area contributed by atoms with Crippen LogP contribution in [0.25, 0.3) is 5.65 Å². The smallest absolute Gasteiger partial charge is 0.136 e. The quantitative estimate of drug-likeness (QED) is 0.752. The van der Waals surface area contributed by atoms with E-state index < -0.39 is 0 Å². The Bertz CT molecular complexity index is 397. The number of pyridine rings is 1. The molecule has 2 heterocycles. The van der Waals surface area contributed by atoms with Crippen LogP contribution in [0, 0.1) is 0 Å². The van der Waals surface area contributed by atoms with Crippen molar-refractivity contribution in [3.8, 4) is 5.75 Å². The highest BCUT2D eigenvalue weighted by Crippen LogP contribution is 2.11. The molecule has 0 saturated carbocycles. The van der Waals surface area contributed by atoms with Gasteiger partial charge in [0, 0.05) is 12.4 Å². The van der Waals surface area contributed by atoms with Crippen LogP contribution < -0.4 is 4.74 Å². The van der Waals surface area contributed by atoms with Crippen molar-refractivity contribution < 1.29 is 9.84 Å². The molecule has 68 valence electrons. The average molecular weight is 178 g/mol. The lowest BCUT2D eigenvalue weighted by molar-refractivity contribution is 0.201. The maximum Gasteiger partial charge on any atom is 0.136 e. The van der Waals surface area contributed by atoms with Gasteiger partial charge in [-0.3, -0.25) is 0 Å². The van der Waals surface area contributed by atoms with E-state index in [1.165, 1.54) is 0 Å². The Labute approximate surface area is 75.4 Å². The molecule has 1 N–H and O–H groups in total. The zero-order valence-electron chi connectivity index (χ0n) is 7.05. The second kappa shape index (κ2) is 3.45. The number of aliphatic hydroxyl groups excluding tert-OH is 1. The predicted molar refractivity (Wildman–Crippen MR) is 47.8 cm³/mol. The summed E-state index contributed by atoms with van der Waals surface area (Å²) in [5.41, 5.74) is 0.886. The van der Waals surface area contributed by atoms with E-state index in [4.69, 9.17) is 9.84 Å². The standard InChI is InChI=1S/C9H10N2O2/c12-5-6-13-8-1-2-9-10-3-4-11(9)7-8/h1-4,7,12H,5-6H2. The van der Waals surface area contributed by atoms with Crippen molar-refractivity contribution in [2.24, 2.45) is 0 Å². The fourth-order valence-corrected chi connectivity index (χ4v) is 1.15. The van der Waals surface area contributed by atoms with Gasteiger partial charge in [-0.05, 0) is 12.1 Å². The molecule has 0 spiro atoms. The lowest BCUT2D eigenvalue weighted by Gasteiger charge is -2.03. The van der Waals surface area contributed by atoms with Crippen LogP contribution in [0.1, 0.15) is 0 Å². The highest BCUT2D eigenvalue weighted by molar-refractivity contribution is 5.41. The molecule has 2 aromatic heterocycles. The van der Waals surface area contributed by atoms with Crippen LogP contribution in [-0.4, -0.2) is 27.7 Å². The molecule has 0 saturated heterocycles. The molecule has 0 amide bonds. The third-order valence-corrected chi connectivity index (χ3v) is 1.72. The summed E-state index contributed by atoms with van der Waals surface area (Å²) >= 11 is 0. The zero-order chi connectivity index (χ0) is 9.10. The Morgan fingerprint density at radius 2 is 2.38 bits per heavy atom. The SMILES string of the molecule is OCCOc1ccc2nccn2c1. The molecule has 0 aliphatic rings. The van der Waals surface area contributed by atoms with E-state index in [-0.39, 0.29) is 6.61 Å². The molecule has 0 aliphatic carbocycles. The third-order valence-electron chi connectivity index (χ3n) is 1.72. The first-order valence-corrected chi connectivity index (χ1v) is 4.06. The number of rotatable bonds is 3. The van der Waals surface area contributed by atoms with Gasteiger partial charge in [-0.25, -0.2) is 4.98 Å². The monoisotopic (exact) mass is 178 g/mol. The Hall–Kier alpha value is -1.55. The van der Waals surface area contributed by atoms with E-state index in [2.05, 4.69) is 4.98 Å². The van der Waals surface area contributed by atoms with Gasteiger partial charge in [0.15, 0.2) is 0 Å². The molecule has 0 radical (unpaired) electrons. The third kappa shape index (κ3) is 1.62. The van der Waals surface area contributed by atoms with Gasteiger partial charge in [0.2, 0.25) is 0 Å². The molecule has 4 nitrogen and oxygen atoms in total. The summed E-state index contributed by atoms with van der Waals surface area (Å²) in [6.07, 6.45) is 5.41. The Balaban J connectivity index is 2.26. The maximum absolute atomic E-state index is 8.56. The van der Waals surface area contributed by atoms with Crippen LogP contribution in [0.2, 0.25) is 0 Å². The van der Waals surface area contributed by atoms with Crippen molar-refractivity contribution in [1.29, 1.82) is 0 Å². The van der Waals surface area contributed by atoms with Crippen LogP contribution in [-0.2, 0) is 0 Å². The number of ether oxygens (including phenoxy) is 1. The van der Waals surface area contributed by atoms with E-state index >= 15 is 0 Å². The van der Waals surface area contributed by atoms with Gasteiger partial charge in [-0.15, -0.1) is 0 Å². The largest absolute Gasteiger partial charge is 0.490 e. The normalized spacial score (nSPS) is 10.5. The summed E-state index contributed by atoms with van der Waals surface area (Å²) in [6, 6.07) is 3.70. The van der Waals surface area contributed by atoms with E-state index in [1.807, 2.05) is 28.9 Å². The van der Waals surface area contributed by atoms with E-state index in [0.717, 1.165) is 11.4 Å². The van der Waals surface area contributed by atoms with Crippen LogP contribution in [0.15, 0.2) is 30.7 Å². The summed E-state index contributed by atoms with van der Waals surface area (Å²) < 4.78 is 7.10. The van der Waals surface area contributed by atoms with Gasteiger partial charge in [-0.1, -0.05) is 0 Å². The lowest BCUT2D eigenvalue weighted by Crippen LogP contribution is -2.02. The number of hydrogen-bond donors (Lipinski definition) is 1. The van der Waals surface area contributed by atoms with Crippen molar-refractivity contribution in [3.05, 3.63) is 30.7 Å². The first-order chi connectivity index (χ1) is 6.40. The molecule has 0 fully saturated rings. The van der Waals surface area contributed by atoms with Gasteiger partial charge >= 0.3 is 0 Å². The van der Waals surface area contributed by atoms with Gasteiger partial charge in [0.05, 0.1) is 12.8 Å². The molecular formula is C9H10N2O2. The molecule has 2 aromatic rings. The topological polar surface area (TPSA) is 46.8 Å². The summed E-state index contributed by atoms with van der Waals surface area (Å²) in [5.74, 6) is 0.736. The minimum absolute atomic E-state index is 0.0297. The van der Waals surface area contributed by atoms with E-state index in [1.54, 1.807) is 6.20 Å². The molecule has 0 bridgehead atoms. The van der Waals surface area contributed by atoms with Crippen molar-refractivity contribution in [2.75, 3.05) is 13.2 Å². The molecule has 13 heavy (non-hydrogen) atoms. The molecule has 0 aromatic carbocycles. The molecule has 2 rings (SSSR count). The minimum atomic E-state index is 0.0297. The van der Waals surface area contributed by atoms with Crippen LogP contribution in [0.3, 0.4) is 0 Å². The number of hydrogen-bond acceptors (Lipinski definition) is 3. The summed E-state index contributed by atoms with van der Waals surface area (Å²) in [4.78, 5) is 4.10. The Kier molecular flexibility index (Phi) is 2.14. The van der Waals surface area contributed by atoms with Crippen LogP contribution in [0.5, 0.6) is 5.75 Å². The number of imidazole rings is 1. The first-order valence-electron chi connectivity index (χ1n) is 4.06. The van der Waals surface area contributed by atoms with Crippen molar-refractivity contribution in [2.45, 2.75) is 0 Å². The fourth-order valence-electron chi connectivity index (χ4n) is 1.15. The van der Waals surface area contributed by atoms with Crippen molar-refractivity contribution in [3.63, 3.8) is 0 Å². The number of aliphatic hydroxyl groups is 1. The highest BCUT2D eigenvalue weighted by atomic mass is 16.5. The lowest BCUT2D eigenvalue weighted by atomic mass is 10.4. The van der Waals surface area contributed by atoms with Crippen LogP contribution >= 0.6 is 0 Å². The van der Waals surface area contributed by atoms with Crippen LogP contribution in [0.4, 0.5) is 0 Å². The Morgan fingerprint density at radius 3 is 3.23 bits per heavy atom.